The van der Waals surface area contributed by atoms with Crippen LogP contribution < -0.4 is 5.32 Å². The van der Waals surface area contributed by atoms with Crippen LogP contribution in [0.4, 0.5) is 0 Å². The van der Waals surface area contributed by atoms with Crippen molar-refractivity contribution in [2.24, 2.45) is 0 Å². The summed E-state index contributed by atoms with van der Waals surface area (Å²) in [5.74, 6) is 0.559. The van der Waals surface area contributed by atoms with Crippen molar-refractivity contribution in [3.05, 3.63) is 34.9 Å². The molecule has 1 heterocycles. The molecule has 7 heteroatoms. The average molecular weight is 358 g/mol. The lowest BCUT2D eigenvalue weighted by Gasteiger charge is -2.30. The zero-order chi connectivity index (χ0) is 16.8. The Morgan fingerprint density at radius 2 is 2.13 bits per heavy atom. The molecule has 1 saturated heterocycles. The van der Waals surface area contributed by atoms with Crippen LogP contribution in [0.5, 0.6) is 0 Å². The fourth-order valence-corrected chi connectivity index (χ4v) is 3.71. The van der Waals surface area contributed by atoms with Crippen molar-refractivity contribution < 1.29 is 19.6 Å². The molecule has 126 valence electrons. The first kappa shape index (κ1) is 18.1. The fourth-order valence-electron chi connectivity index (χ4n) is 2.46. The molecule has 0 spiro atoms. The van der Waals surface area contributed by atoms with Gasteiger partial charge in [-0.3, -0.25) is 9.59 Å². The molecule has 23 heavy (non-hydrogen) atoms. The summed E-state index contributed by atoms with van der Waals surface area (Å²) in [4.78, 5) is 25.7. The molecular weight excluding hydrogens is 336 g/mol. The van der Waals surface area contributed by atoms with E-state index in [-0.39, 0.29) is 23.2 Å². The molecule has 1 aliphatic heterocycles. The highest BCUT2D eigenvalue weighted by atomic mass is 35.5. The molecule has 0 radical (unpaired) electrons. The summed E-state index contributed by atoms with van der Waals surface area (Å²) in [5, 5.41) is 2.43. The molecule has 0 saturated carbocycles. The lowest BCUT2D eigenvalue weighted by Crippen LogP contribution is -2.87. The molecule has 2 N–H and O–H groups in total. The van der Waals surface area contributed by atoms with E-state index in [1.54, 1.807) is 16.7 Å². The van der Waals surface area contributed by atoms with Gasteiger partial charge >= 0.3 is 5.97 Å². The highest BCUT2D eigenvalue weighted by molar-refractivity contribution is 8.00. The van der Waals surface area contributed by atoms with Gasteiger partial charge in [-0.25, -0.2) is 0 Å². The highest BCUT2D eigenvalue weighted by Gasteiger charge is 2.30. The lowest BCUT2D eigenvalue weighted by atomic mass is 10.1. The lowest BCUT2D eigenvalue weighted by molar-refractivity contribution is -0.683. The first-order chi connectivity index (χ1) is 11.0. The smallest absolute Gasteiger partial charge is 0.320 e. The van der Waals surface area contributed by atoms with Gasteiger partial charge in [0.2, 0.25) is 0 Å². The van der Waals surface area contributed by atoms with Crippen molar-refractivity contribution in [2.75, 3.05) is 32.5 Å². The maximum atomic E-state index is 12.4. The second kappa shape index (κ2) is 8.57. The molecule has 0 unspecified atom stereocenters. The summed E-state index contributed by atoms with van der Waals surface area (Å²) in [7, 11) is 1.38. The number of amides is 1. The van der Waals surface area contributed by atoms with Crippen molar-refractivity contribution >= 4 is 35.2 Å². The van der Waals surface area contributed by atoms with Crippen LogP contribution in [0.15, 0.2) is 24.3 Å². The number of carbonyl (C=O) groups excluding carboxylic acids is 2. The largest absolute Gasteiger partial charge is 0.468 e. The summed E-state index contributed by atoms with van der Waals surface area (Å²) in [6.45, 7) is 3.53. The van der Waals surface area contributed by atoms with Crippen molar-refractivity contribution in [3.8, 4) is 0 Å². The number of ether oxygens (including phenoxy) is 1. The van der Waals surface area contributed by atoms with Gasteiger partial charge in [0.25, 0.3) is 5.91 Å². The molecule has 2 atom stereocenters. The molecule has 1 aromatic rings. The summed E-state index contributed by atoms with van der Waals surface area (Å²) in [6.07, 6.45) is 0. The van der Waals surface area contributed by atoms with E-state index in [4.69, 9.17) is 16.3 Å². The Morgan fingerprint density at radius 1 is 1.43 bits per heavy atom. The number of hydrogen-bond donors (Lipinski definition) is 1. The van der Waals surface area contributed by atoms with Crippen LogP contribution in [-0.2, 0) is 14.3 Å². The molecule has 0 bridgehead atoms. The van der Waals surface area contributed by atoms with Crippen molar-refractivity contribution in [1.82, 2.24) is 4.90 Å². The number of benzene rings is 1. The van der Waals surface area contributed by atoms with Crippen LogP contribution in [0.2, 0.25) is 5.02 Å². The minimum Gasteiger partial charge on any atom is -0.468 e. The van der Waals surface area contributed by atoms with Crippen LogP contribution in [0, 0.1) is 0 Å². The zero-order valence-corrected chi connectivity index (χ0v) is 14.9. The second-order valence-electron chi connectivity index (χ2n) is 5.50. The molecule has 1 amide bonds. The van der Waals surface area contributed by atoms with Crippen LogP contribution in [0.25, 0.3) is 0 Å². The van der Waals surface area contributed by atoms with E-state index < -0.39 is 0 Å². The summed E-state index contributed by atoms with van der Waals surface area (Å²) < 4.78 is 4.77. The van der Waals surface area contributed by atoms with Gasteiger partial charge in [-0.1, -0.05) is 23.7 Å². The number of nitrogens with two attached hydrogens (primary N) is 1. The third-order valence-electron chi connectivity index (χ3n) is 3.93. The number of carbonyl (C=O) groups is 2. The standard InChI is InChI=1S/C16H21ClN2O3S/c1-11(12-3-5-13(17)6-4-12)18-9-15(20)19-7-8-23-14(10-19)16(21)22-2/h3-6,11,14,18H,7-10H2,1-2H3/p+1/t11-,14+/m1/s1. The van der Waals surface area contributed by atoms with E-state index in [1.807, 2.05) is 29.6 Å². The van der Waals surface area contributed by atoms with Gasteiger partial charge in [-0.2, -0.15) is 0 Å². The summed E-state index contributed by atoms with van der Waals surface area (Å²) >= 11 is 7.43. The number of rotatable bonds is 5. The minimum absolute atomic E-state index is 0.0556. The van der Waals surface area contributed by atoms with Gasteiger partial charge in [0.05, 0.1) is 7.11 Å². The van der Waals surface area contributed by atoms with Gasteiger partial charge in [0.15, 0.2) is 6.54 Å². The van der Waals surface area contributed by atoms with Crippen LogP contribution in [-0.4, -0.2) is 54.5 Å². The Bertz CT molecular complexity index is 553. The first-order valence-corrected chi connectivity index (χ1v) is 9.00. The van der Waals surface area contributed by atoms with E-state index in [0.717, 1.165) is 11.3 Å². The normalized spacial score (nSPS) is 19.3. The maximum absolute atomic E-state index is 12.4. The van der Waals surface area contributed by atoms with Crippen molar-refractivity contribution in [3.63, 3.8) is 0 Å². The predicted molar refractivity (Wildman–Crippen MR) is 91.5 cm³/mol. The molecule has 0 aromatic heterocycles. The van der Waals surface area contributed by atoms with E-state index >= 15 is 0 Å². The van der Waals surface area contributed by atoms with Crippen molar-refractivity contribution in [1.29, 1.82) is 0 Å². The molecule has 1 aliphatic rings. The Morgan fingerprint density at radius 3 is 2.78 bits per heavy atom. The highest BCUT2D eigenvalue weighted by Crippen LogP contribution is 2.19. The van der Waals surface area contributed by atoms with Gasteiger partial charge in [0, 0.05) is 29.4 Å². The second-order valence-corrected chi connectivity index (χ2v) is 7.25. The number of halogens is 1. The number of hydrogen-bond acceptors (Lipinski definition) is 4. The van der Waals surface area contributed by atoms with E-state index in [2.05, 4.69) is 6.92 Å². The Kier molecular flexibility index (Phi) is 6.74. The number of nitrogens with zero attached hydrogens (tertiary/aromatic N) is 1. The zero-order valence-electron chi connectivity index (χ0n) is 13.3. The Balaban J connectivity index is 1.84. The summed E-state index contributed by atoms with van der Waals surface area (Å²) in [5.41, 5.74) is 1.13. The van der Waals surface area contributed by atoms with Gasteiger partial charge in [-0.05, 0) is 19.1 Å². The topological polar surface area (TPSA) is 63.2 Å². The third-order valence-corrected chi connectivity index (χ3v) is 5.34. The summed E-state index contributed by atoms with van der Waals surface area (Å²) in [6, 6.07) is 7.82. The van der Waals surface area contributed by atoms with Crippen LogP contribution >= 0.6 is 23.4 Å². The number of thioether (sulfide) groups is 1. The number of quaternary nitrogens is 1. The Labute approximate surface area is 145 Å². The van der Waals surface area contributed by atoms with E-state index in [9.17, 15) is 9.59 Å². The average Bonchev–Trinajstić information content (AvgIpc) is 2.59. The number of esters is 1. The van der Waals surface area contributed by atoms with Gasteiger partial charge in [0.1, 0.15) is 11.3 Å². The van der Waals surface area contributed by atoms with Gasteiger partial charge in [-0.15, -0.1) is 11.8 Å². The first-order valence-electron chi connectivity index (χ1n) is 7.57. The Hall–Kier alpha value is -1.24. The SMILES string of the molecule is COC(=O)[C@@H]1CN(C(=O)C[NH2+][C@H](C)c2ccc(Cl)cc2)CCS1. The van der Waals surface area contributed by atoms with E-state index in [1.165, 1.54) is 7.11 Å². The number of methoxy groups -OCH3 is 1. The van der Waals surface area contributed by atoms with Crippen LogP contribution in [0.3, 0.4) is 0 Å². The van der Waals surface area contributed by atoms with Crippen molar-refractivity contribution in [2.45, 2.75) is 18.2 Å². The molecule has 0 aliphatic carbocycles. The minimum atomic E-state index is -0.272. The quantitative estimate of drug-likeness (QED) is 0.801. The van der Waals surface area contributed by atoms with Crippen LogP contribution in [0.1, 0.15) is 18.5 Å². The monoisotopic (exact) mass is 357 g/mol. The molecule has 5 nitrogen and oxygen atoms in total. The molecule has 2 rings (SSSR count). The third kappa shape index (κ3) is 5.12. The fraction of sp³-hybridized carbons (Fsp3) is 0.500. The van der Waals surface area contributed by atoms with Gasteiger partial charge < -0.3 is 15.0 Å². The molecule has 1 fully saturated rings. The molecular formula is C16H22ClN2O3S+. The maximum Gasteiger partial charge on any atom is 0.320 e. The molecule has 1 aromatic carbocycles. The van der Waals surface area contributed by atoms with E-state index in [0.29, 0.717) is 24.7 Å². The predicted octanol–water partition coefficient (Wildman–Crippen LogP) is 1.08.